The maximum atomic E-state index is 9.60. The summed E-state index contributed by atoms with van der Waals surface area (Å²) in [5, 5.41) is 10.1. The predicted molar refractivity (Wildman–Crippen MR) is 55.1 cm³/mol. The average molecular weight is 202 g/mol. The van der Waals surface area contributed by atoms with E-state index < -0.39 is 0 Å². The van der Waals surface area contributed by atoms with E-state index >= 15 is 0 Å². The summed E-state index contributed by atoms with van der Waals surface area (Å²) in [4.78, 5) is 0. The highest BCUT2D eigenvalue weighted by atomic mass is 32.2. The monoisotopic (exact) mass is 202 g/mol. The molecular weight excluding hydrogens is 184 g/mol. The molecule has 1 heterocycles. The minimum absolute atomic E-state index is 0.0496. The van der Waals surface area contributed by atoms with Crippen molar-refractivity contribution in [2.24, 2.45) is 0 Å². The second-order valence-electron chi connectivity index (χ2n) is 4.01. The normalized spacial score (nSPS) is 39.9. The van der Waals surface area contributed by atoms with Crippen molar-refractivity contribution in [3.63, 3.8) is 0 Å². The number of hydrogen-bond donors (Lipinski definition) is 1. The van der Waals surface area contributed by atoms with Crippen molar-refractivity contribution in [1.82, 2.24) is 0 Å². The van der Waals surface area contributed by atoms with Crippen molar-refractivity contribution in [2.75, 3.05) is 12.4 Å². The van der Waals surface area contributed by atoms with Crippen molar-refractivity contribution in [1.29, 1.82) is 0 Å². The van der Waals surface area contributed by atoms with Crippen molar-refractivity contribution in [2.45, 2.75) is 49.6 Å². The first-order valence-corrected chi connectivity index (χ1v) is 6.32. The molecule has 3 heteroatoms. The molecule has 2 aliphatic rings. The highest BCUT2D eigenvalue weighted by Crippen LogP contribution is 2.31. The van der Waals surface area contributed by atoms with Crippen molar-refractivity contribution in [3.8, 4) is 0 Å². The fraction of sp³-hybridized carbons (Fsp3) is 1.00. The summed E-state index contributed by atoms with van der Waals surface area (Å²) >= 11 is 1.91. The summed E-state index contributed by atoms with van der Waals surface area (Å²) in [5.41, 5.74) is 0. The van der Waals surface area contributed by atoms with Gasteiger partial charge in [-0.3, -0.25) is 0 Å². The first-order chi connectivity index (χ1) is 6.36. The zero-order valence-corrected chi connectivity index (χ0v) is 8.76. The Morgan fingerprint density at radius 2 is 2.15 bits per heavy atom. The molecule has 2 fully saturated rings. The maximum Gasteiger partial charge on any atom is 0.0666 e. The molecule has 0 aromatic carbocycles. The highest BCUT2D eigenvalue weighted by Gasteiger charge is 2.27. The Morgan fingerprint density at radius 3 is 2.77 bits per heavy atom. The van der Waals surface area contributed by atoms with Gasteiger partial charge < -0.3 is 9.84 Å². The lowest BCUT2D eigenvalue weighted by atomic mass is 10.3. The number of ether oxygens (including phenoxy) is 1. The van der Waals surface area contributed by atoms with Gasteiger partial charge in [-0.2, -0.15) is 11.8 Å². The molecule has 2 nitrogen and oxygen atoms in total. The third-order valence-corrected chi connectivity index (χ3v) is 4.48. The molecule has 0 spiro atoms. The lowest BCUT2D eigenvalue weighted by molar-refractivity contribution is 0.128. The van der Waals surface area contributed by atoms with E-state index in [1.165, 1.54) is 25.7 Å². The number of aliphatic hydroxyl groups is 1. The Bertz CT molecular complexity index is 157. The maximum absolute atomic E-state index is 9.60. The van der Waals surface area contributed by atoms with Crippen LogP contribution in [-0.2, 0) is 4.74 Å². The van der Waals surface area contributed by atoms with Crippen LogP contribution in [0, 0.1) is 0 Å². The number of thioether (sulfide) groups is 1. The van der Waals surface area contributed by atoms with Crippen LogP contribution in [0.3, 0.4) is 0 Å². The van der Waals surface area contributed by atoms with Gasteiger partial charge in [-0.15, -0.1) is 0 Å². The van der Waals surface area contributed by atoms with Gasteiger partial charge in [-0.25, -0.2) is 0 Å². The Labute approximate surface area is 84.0 Å². The summed E-state index contributed by atoms with van der Waals surface area (Å²) < 4.78 is 5.55. The second-order valence-corrected chi connectivity index (χ2v) is 5.28. The zero-order chi connectivity index (χ0) is 9.10. The van der Waals surface area contributed by atoms with Crippen LogP contribution in [0.15, 0.2) is 0 Å². The smallest absolute Gasteiger partial charge is 0.0666 e. The molecule has 1 aliphatic carbocycles. The van der Waals surface area contributed by atoms with Crippen molar-refractivity contribution < 1.29 is 9.84 Å². The van der Waals surface area contributed by atoms with E-state index in [-0.39, 0.29) is 6.10 Å². The summed E-state index contributed by atoms with van der Waals surface area (Å²) in [6, 6.07) is 0. The molecular formula is C10H18O2S. The zero-order valence-electron chi connectivity index (χ0n) is 7.95. The van der Waals surface area contributed by atoms with Gasteiger partial charge in [0, 0.05) is 17.6 Å². The van der Waals surface area contributed by atoms with Crippen LogP contribution >= 0.6 is 11.8 Å². The quantitative estimate of drug-likeness (QED) is 0.757. The minimum atomic E-state index is -0.0496. The van der Waals surface area contributed by atoms with Gasteiger partial charge in [-0.1, -0.05) is 0 Å². The molecule has 1 saturated carbocycles. The third kappa shape index (κ3) is 2.61. The lowest BCUT2D eigenvalue weighted by Crippen LogP contribution is -2.19. The second kappa shape index (κ2) is 4.67. The lowest BCUT2D eigenvalue weighted by Gasteiger charge is -2.16. The molecule has 0 radical (unpaired) electrons. The fourth-order valence-electron chi connectivity index (χ4n) is 2.11. The van der Waals surface area contributed by atoms with Crippen LogP contribution in [0.4, 0.5) is 0 Å². The van der Waals surface area contributed by atoms with Gasteiger partial charge in [0.2, 0.25) is 0 Å². The average Bonchev–Trinajstić information content (AvgIpc) is 2.72. The molecule has 3 unspecified atom stereocenters. The van der Waals surface area contributed by atoms with Crippen molar-refractivity contribution in [3.05, 3.63) is 0 Å². The Balaban J connectivity index is 1.66. The summed E-state index contributed by atoms with van der Waals surface area (Å²) in [6.45, 7) is 0.943. The molecule has 1 saturated heterocycles. The molecule has 3 atom stereocenters. The summed E-state index contributed by atoms with van der Waals surface area (Å²) in [6.07, 6.45) is 6.25. The van der Waals surface area contributed by atoms with Crippen LogP contribution in [0.1, 0.15) is 32.1 Å². The number of aliphatic hydroxyl groups excluding tert-OH is 1. The van der Waals surface area contributed by atoms with E-state index in [2.05, 4.69) is 0 Å². The Kier molecular flexibility index (Phi) is 3.52. The third-order valence-electron chi connectivity index (χ3n) is 2.94. The van der Waals surface area contributed by atoms with E-state index in [0.717, 1.165) is 18.8 Å². The van der Waals surface area contributed by atoms with Crippen LogP contribution in [0.25, 0.3) is 0 Å². The molecule has 0 amide bonds. The molecule has 0 aromatic rings. The van der Waals surface area contributed by atoms with Gasteiger partial charge in [-0.05, 0) is 32.1 Å². The van der Waals surface area contributed by atoms with Crippen LogP contribution in [0.2, 0.25) is 0 Å². The molecule has 13 heavy (non-hydrogen) atoms. The summed E-state index contributed by atoms with van der Waals surface area (Å²) in [7, 11) is 0. The largest absolute Gasteiger partial charge is 0.392 e. The summed E-state index contributed by atoms with van der Waals surface area (Å²) in [5.74, 6) is 1.09. The first kappa shape index (κ1) is 9.81. The molecule has 1 N–H and O–H groups in total. The topological polar surface area (TPSA) is 29.5 Å². The van der Waals surface area contributed by atoms with E-state index in [0.29, 0.717) is 11.4 Å². The highest BCUT2D eigenvalue weighted by molar-refractivity contribution is 8.00. The van der Waals surface area contributed by atoms with E-state index in [4.69, 9.17) is 4.74 Å². The van der Waals surface area contributed by atoms with Crippen molar-refractivity contribution >= 4 is 11.8 Å². The van der Waals surface area contributed by atoms with E-state index in [9.17, 15) is 5.11 Å². The van der Waals surface area contributed by atoms with Gasteiger partial charge >= 0.3 is 0 Å². The number of rotatable bonds is 3. The Hall–Kier alpha value is 0.270. The van der Waals surface area contributed by atoms with Gasteiger partial charge in [0.1, 0.15) is 0 Å². The van der Waals surface area contributed by atoms with Gasteiger partial charge in [0.15, 0.2) is 0 Å². The molecule has 76 valence electrons. The van der Waals surface area contributed by atoms with Gasteiger partial charge in [0.05, 0.1) is 12.2 Å². The molecule has 1 aliphatic heterocycles. The van der Waals surface area contributed by atoms with E-state index in [1.807, 2.05) is 11.8 Å². The van der Waals surface area contributed by atoms with Crippen LogP contribution < -0.4 is 0 Å². The molecule has 2 rings (SSSR count). The Morgan fingerprint density at radius 1 is 1.23 bits per heavy atom. The standard InChI is InChI=1S/C10H18O2S/c11-9-4-1-5-10(9)13-7-8-3-2-6-12-8/h8-11H,1-7H2. The minimum Gasteiger partial charge on any atom is -0.392 e. The van der Waals surface area contributed by atoms with Crippen LogP contribution in [0.5, 0.6) is 0 Å². The van der Waals surface area contributed by atoms with E-state index in [1.54, 1.807) is 0 Å². The van der Waals surface area contributed by atoms with Gasteiger partial charge in [0.25, 0.3) is 0 Å². The fourth-order valence-corrected chi connectivity index (χ4v) is 3.52. The number of hydrogen-bond acceptors (Lipinski definition) is 3. The first-order valence-electron chi connectivity index (χ1n) is 5.27. The predicted octanol–water partition coefficient (Wildman–Crippen LogP) is 1.81. The SMILES string of the molecule is OC1CCCC1SCC1CCCO1. The molecule has 0 aromatic heterocycles. The molecule has 0 bridgehead atoms. The van der Waals surface area contributed by atoms with Crippen LogP contribution in [-0.4, -0.2) is 34.9 Å².